The predicted octanol–water partition coefficient (Wildman–Crippen LogP) is 2.69. The molecule has 2 aromatic rings. The van der Waals surface area contributed by atoms with Gasteiger partial charge in [-0.3, -0.25) is 9.63 Å². The van der Waals surface area contributed by atoms with Gasteiger partial charge < -0.3 is 0 Å². The van der Waals surface area contributed by atoms with Gasteiger partial charge in [-0.05, 0) is 28.1 Å². The van der Waals surface area contributed by atoms with Crippen LogP contribution < -0.4 is 0 Å². The Kier molecular flexibility index (Phi) is 3.22. The van der Waals surface area contributed by atoms with Crippen LogP contribution >= 0.6 is 27.3 Å². The molecule has 0 aliphatic rings. The molecule has 0 bridgehead atoms. The summed E-state index contributed by atoms with van der Waals surface area (Å²) < 4.78 is 0.900. The van der Waals surface area contributed by atoms with Gasteiger partial charge >= 0.3 is 0 Å². The number of amides is 1. The summed E-state index contributed by atoms with van der Waals surface area (Å²) in [6.07, 6.45) is 1.72. The van der Waals surface area contributed by atoms with Gasteiger partial charge in [0, 0.05) is 23.1 Å². The predicted molar refractivity (Wildman–Crippen MR) is 66.4 cm³/mol. The van der Waals surface area contributed by atoms with Crippen molar-refractivity contribution in [3.05, 3.63) is 27.7 Å². The number of fused-ring (bicyclic) bond motifs is 1. The lowest BCUT2D eigenvalue weighted by atomic mass is 10.3. The van der Waals surface area contributed by atoms with Crippen molar-refractivity contribution in [2.24, 2.45) is 0 Å². The van der Waals surface area contributed by atoms with Gasteiger partial charge in [-0.25, -0.2) is 10.0 Å². The van der Waals surface area contributed by atoms with Crippen LogP contribution in [0.2, 0.25) is 0 Å². The van der Waals surface area contributed by atoms with Gasteiger partial charge in [0.1, 0.15) is 4.83 Å². The minimum Gasteiger partial charge on any atom is -0.274 e. The molecule has 0 saturated carbocycles. The summed E-state index contributed by atoms with van der Waals surface area (Å²) in [6.45, 7) is 0. The van der Waals surface area contributed by atoms with Gasteiger partial charge in [0.05, 0.1) is 12.0 Å². The van der Waals surface area contributed by atoms with Crippen LogP contribution in [-0.2, 0) is 4.84 Å². The molecule has 0 aliphatic heterocycles. The van der Waals surface area contributed by atoms with Crippen molar-refractivity contribution >= 4 is 43.4 Å². The van der Waals surface area contributed by atoms with Crippen LogP contribution in [0.1, 0.15) is 9.67 Å². The summed E-state index contributed by atoms with van der Waals surface area (Å²) in [7, 11) is 3.04. The first kappa shape index (κ1) is 11.5. The minimum atomic E-state index is -0.165. The molecule has 0 atom stereocenters. The van der Waals surface area contributed by atoms with Crippen LogP contribution in [0, 0.1) is 0 Å². The average Bonchev–Trinajstić information content (AvgIpc) is 2.69. The third-order valence-electron chi connectivity index (χ3n) is 2.11. The molecule has 0 fully saturated rings. The fourth-order valence-electron chi connectivity index (χ4n) is 1.25. The molecule has 1 amide bonds. The normalized spacial score (nSPS) is 10.7. The van der Waals surface area contributed by atoms with Crippen LogP contribution in [0.5, 0.6) is 0 Å². The second-order valence-electron chi connectivity index (χ2n) is 3.14. The van der Waals surface area contributed by atoms with E-state index in [4.69, 9.17) is 4.84 Å². The van der Waals surface area contributed by atoms with Gasteiger partial charge in [0.15, 0.2) is 0 Å². The lowest BCUT2D eigenvalue weighted by Gasteiger charge is -2.11. The molecule has 2 heterocycles. The van der Waals surface area contributed by atoms with E-state index in [-0.39, 0.29) is 5.91 Å². The lowest BCUT2D eigenvalue weighted by molar-refractivity contribution is -0.0753. The first-order valence-corrected chi connectivity index (χ1v) is 6.10. The maximum absolute atomic E-state index is 11.8. The van der Waals surface area contributed by atoms with Crippen molar-refractivity contribution in [3.8, 4) is 0 Å². The van der Waals surface area contributed by atoms with Crippen molar-refractivity contribution in [2.45, 2.75) is 0 Å². The standard InChI is InChI=1S/C10H9BrN2O2S/c1-13(15-2)10(14)8-4-6-3-7(11)5-12-9(6)16-8/h3-5H,1-2H3. The van der Waals surface area contributed by atoms with Crippen LogP contribution in [-0.4, -0.2) is 30.1 Å². The van der Waals surface area contributed by atoms with Gasteiger partial charge in [-0.1, -0.05) is 0 Å². The number of nitrogens with zero attached hydrogens (tertiary/aromatic N) is 2. The summed E-state index contributed by atoms with van der Waals surface area (Å²) in [5.41, 5.74) is 0. The second kappa shape index (κ2) is 4.48. The van der Waals surface area contributed by atoms with E-state index < -0.39 is 0 Å². The molecule has 6 heteroatoms. The molecule has 0 aliphatic carbocycles. The molecule has 16 heavy (non-hydrogen) atoms. The fraction of sp³-hybridized carbons (Fsp3) is 0.200. The molecule has 0 aromatic carbocycles. The number of hydroxylamine groups is 2. The SMILES string of the molecule is CON(C)C(=O)c1cc2cc(Br)cnc2s1. The van der Waals surface area contributed by atoms with Crippen LogP contribution in [0.25, 0.3) is 10.2 Å². The Bertz CT molecular complexity index is 541. The van der Waals surface area contributed by atoms with E-state index in [9.17, 15) is 4.79 Å². The van der Waals surface area contributed by atoms with E-state index in [2.05, 4.69) is 20.9 Å². The highest BCUT2D eigenvalue weighted by Crippen LogP contribution is 2.26. The Morgan fingerprint density at radius 3 is 3.00 bits per heavy atom. The molecule has 4 nitrogen and oxygen atoms in total. The highest BCUT2D eigenvalue weighted by atomic mass is 79.9. The highest BCUT2D eigenvalue weighted by Gasteiger charge is 2.15. The zero-order valence-corrected chi connectivity index (χ0v) is 11.1. The molecule has 84 valence electrons. The first-order valence-electron chi connectivity index (χ1n) is 4.49. The second-order valence-corrected chi connectivity index (χ2v) is 5.09. The number of hydrogen-bond donors (Lipinski definition) is 0. The number of hydrogen-bond acceptors (Lipinski definition) is 4. The van der Waals surface area contributed by atoms with Crippen molar-refractivity contribution in [2.75, 3.05) is 14.2 Å². The van der Waals surface area contributed by atoms with Gasteiger partial charge in [0.25, 0.3) is 5.91 Å². The summed E-state index contributed by atoms with van der Waals surface area (Å²) in [5, 5.41) is 2.15. The number of thiophene rings is 1. The summed E-state index contributed by atoms with van der Waals surface area (Å²) in [5.74, 6) is -0.165. The van der Waals surface area contributed by atoms with E-state index in [0.29, 0.717) is 4.88 Å². The third kappa shape index (κ3) is 2.09. The number of halogens is 1. The summed E-state index contributed by atoms with van der Waals surface area (Å²) >= 11 is 4.70. The molecular weight excluding hydrogens is 292 g/mol. The molecule has 2 aromatic heterocycles. The Morgan fingerprint density at radius 1 is 1.56 bits per heavy atom. The van der Waals surface area contributed by atoms with Crippen LogP contribution in [0.3, 0.4) is 0 Å². The number of carbonyl (C=O) groups excluding carboxylic acids is 1. The van der Waals surface area contributed by atoms with Crippen molar-refractivity contribution in [1.29, 1.82) is 0 Å². The van der Waals surface area contributed by atoms with Crippen LogP contribution in [0.15, 0.2) is 22.8 Å². The van der Waals surface area contributed by atoms with Crippen molar-refractivity contribution in [3.63, 3.8) is 0 Å². The molecule has 0 unspecified atom stereocenters. The lowest BCUT2D eigenvalue weighted by Crippen LogP contribution is -2.24. The van der Waals surface area contributed by atoms with Crippen LogP contribution in [0.4, 0.5) is 0 Å². The molecule has 0 radical (unpaired) electrons. The van der Waals surface area contributed by atoms with Crippen molar-refractivity contribution in [1.82, 2.24) is 10.0 Å². The largest absolute Gasteiger partial charge is 0.287 e. The Labute approximate surface area is 105 Å². The minimum absolute atomic E-state index is 0.165. The quantitative estimate of drug-likeness (QED) is 0.801. The maximum Gasteiger partial charge on any atom is 0.287 e. The smallest absolute Gasteiger partial charge is 0.274 e. The fourth-order valence-corrected chi connectivity index (χ4v) is 2.55. The molecule has 0 saturated heterocycles. The first-order chi connectivity index (χ1) is 7.61. The number of rotatable bonds is 2. The monoisotopic (exact) mass is 300 g/mol. The molecular formula is C10H9BrN2O2S. The Balaban J connectivity index is 2.43. The van der Waals surface area contributed by atoms with Gasteiger partial charge in [-0.2, -0.15) is 0 Å². The zero-order valence-electron chi connectivity index (χ0n) is 8.73. The number of aromatic nitrogens is 1. The summed E-state index contributed by atoms with van der Waals surface area (Å²) in [4.78, 5) is 22.3. The number of pyridine rings is 1. The molecule has 0 N–H and O–H groups in total. The zero-order chi connectivity index (χ0) is 11.7. The maximum atomic E-state index is 11.8. The molecule has 0 spiro atoms. The van der Waals surface area contributed by atoms with E-state index in [1.165, 1.54) is 23.5 Å². The third-order valence-corrected chi connectivity index (χ3v) is 3.59. The topological polar surface area (TPSA) is 42.4 Å². The van der Waals surface area contributed by atoms with E-state index in [0.717, 1.165) is 14.7 Å². The summed E-state index contributed by atoms with van der Waals surface area (Å²) in [6, 6.07) is 3.75. The van der Waals surface area contributed by atoms with E-state index >= 15 is 0 Å². The van der Waals surface area contributed by atoms with Gasteiger partial charge in [0.2, 0.25) is 0 Å². The highest BCUT2D eigenvalue weighted by molar-refractivity contribution is 9.10. The molecule has 2 rings (SSSR count). The average molecular weight is 301 g/mol. The Morgan fingerprint density at radius 2 is 2.31 bits per heavy atom. The number of carbonyl (C=O) groups is 1. The van der Waals surface area contributed by atoms with E-state index in [1.54, 1.807) is 13.2 Å². The van der Waals surface area contributed by atoms with Crippen molar-refractivity contribution < 1.29 is 9.63 Å². The Hall–Kier alpha value is -0.980. The van der Waals surface area contributed by atoms with E-state index in [1.807, 2.05) is 12.1 Å². The van der Waals surface area contributed by atoms with Gasteiger partial charge in [-0.15, -0.1) is 11.3 Å².